The molecule has 0 saturated carbocycles. The van der Waals surface area contributed by atoms with Gasteiger partial charge in [0.05, 0.1) is 18.2 Å². The minimum atomic E-state index is -4.85. The maximum atomic E-state index is 14.7. The number of esters is 1. The number of rotatable bonds is 7. The van der Waals surface area contributed by atoms with E-state index in [2.05, 4.69) is 11.7 Å². The van der Waals surface area contributed by atoms with Crippen LogP contribution in [0.15, 0.2) is 36.4 Å². The molecule has 1 saturated heterocycles. The molecule has 2 aromatic rings. The fourth-order valence-electron chi connectivity index (χ4n) is 3.19. The molecule has 1 aliphatic rings. The van der Waals surface area contributed by atoms with Gasteiger partial charge in [0.1, 0.15) is 22.9 Å². The maximum Gasteiger partial charge on any atom is 0.573 e. The Morgan fingerprint density at radius 1 is 1.12 bits per heavy atom. The summed E-state index contributed by atoms with van der Waals surface area (Å²) in [4.78, 5) is 12.4. The lowest BCUT2D eigenvalue weighted by atomic mass is 10.0. The van der Waals surface area contributed by atoms with Gasteiger partial charge in [0.25, 0.3) is 0 Å². The predicted molar refractivity (Wildman–Crippen MR) is 107 cm³/mol. The quantitative estimate of drug-likeness (QED) is 0.261. The van der Waals surface area contributed by atoms with Gasteiger partial charge in [-0.2, -0.15) is 0 Å². The maximum absolute atomic E-state index is 14.7. The lowest BCUT2D eigenvalue weighted by Crippen LogP contribution is -2.27. The van der Waals surface area contributed by atoms with E-state index >= 15 is 0 Å². The zero-order valence-electron chi connectivity index (χ0n) is 17.1. The highest BCUT2D eigenvalue weighted by Crippen LogP contribution is 2.32. The molecule has 174 valence electrons. The third-order valence-corrected chi connectivity index (χ3v) is 5.04. The largest absolute Gasteiger partial charge is 0.573 e. The lowest BCUT2D eigenvalue weighted by Gasteiger charge is -2.29. The van der Waals surface area contributed by atoms with Gasteiger partial charge < -0.3 is 18.9 Å². The molecule has 0 aliphatic carbocycles. The summed E-state index contributed by atoms with van der Waals surface area (Å²) in [6.07, 6.45) is -2.53. The van der Waals surface area contributed by atoms with Gasteiger partial charge in [0.15, 0.2) is 6.29 Å². The van der Waals surface area contributed by atoms with Crippen LogP contribution in [0.5, 0.6) is 11.5 Å². The summed E-state index contributed by atoms with van der Waals surface area (Å²) >= 11 is 6.11. The molecule has 1 aliphatic heterocycles. The molecular weight excluding hydrogens is 456 g/mol. The molecule has 1 fully saturated rings. The van der Waals surface area contributed by atoms with E-state index in [4.69, 9.17) is 25.8 Å². The highest BCUT2D eigenvalue weighted by molar-refractivity contribution is 6.33. The highest BCUT2D eigenvalue weighted by atomic mass is 35.5. The van der Waals surface area contributed by atoms with Gasteiger partial charge in [0, 0.05) is 11.5 Å². The number of benzene rings is 2. The van der Waals surface area contributed by atoms with Crippen molar-refractivity contribution in [3.8, 4) is 11.5 Å². The van der Waals surface area contributed by atoms with Crippen LogP contribution in [0, 0.1) is 11.7 Å². The van der Waals surface area contributed by atoms with E-state index in [0.717, 1.165) is 49.6 Å². The first-order valence-corrected chi connectivity index (χ1v) is 10.3. The number of unbranched alkanes of at least 4 members (excludes halogenated alkanes) is 1. The molecule has 0 aromatic heterocycles. The van der Waals surface area contributed by atoms with Crippen molar-refractivity contribution in [2.75, 3.05) is 13.2 Å². The molecule has 2 aromatic carbocycles. The van der Waals surface area contributed by atoms with Crippen LogP contribution in [0.25, 0.3) is 0 Å². The van der Waals surface area contributed by atoms with Gasteiger partial charge in [-0.15, -0.1) is 13.2 Å². The number of carbonyl (C=O) groups is 1. The van der Waals surface area contributed by atoms with Crippen LogP contribution in [0.1, 0.15) is 48.4 Å². The van der Waals surface area contributed by atoms with Crippen molar-refractivity contribution < 1.29 is 41.3 Å². The Balaban J connectivity index is 1.65. The molecule has 0 amide bonds. The van der Waals surface area contributed by atoms with Gasteiger partial charge in [-0.1, -0.05) is 31.4 Å². The predicted octanol–water partition coefficient (Wildman–Crippen LogP) is 6.45. The number of carbonyl (C=O) groups excluding carboxylic acids is 1. The van der Waals surface area contributed by atoms with E-state index in [-0.39, 0.29) is 16.7 Å². The molecule has 0 spiro atoms. The van der Waals surface area contributed by atoms with Gasteiger partial charge in [-0.3, -0.25) is 0 Å². The van der Waals surface area contributed by atoms with Gasteiger partial charge >= 0.3 is 12.3 Å². The molecule has 32 heavy (non-hydrogen) atoms. The zero-order valence-corrected chi connectivity index (χ0v) is 17.8. The van der Waals surface area contributed by atoms with E-state index < -0.39 is 35.8 Å². The number of ether oxygens (including phenoxy) is 4. The van der Waals surface area contributed by atoms with Crippen molar-refractivity contribution in [1.82, 2.24) is 0 Å². The second-order valence-electron chi connectivity index (χ2n) is 7.28. The Hall–Kier alpha value is -2.36. The van der Waals surface area contributed by atoms with Gasteiger partial charge in [0.2, 0.25) is 0 Å². The number of halogens is 5. The normalized spacial score (nSPS) is 18.9. The molecule has 0 radical (unpaired) electrons. The third-order valence-electron chi connectivity index (χ3n) is 4.74. The topological polar surface area (TPSA) is 54.0 Å². The van der Waals surface area contributed by atoms with E-state index in [1.165, 1.54) is 6.07 Å². The Bertz CT molecular complexity index is 902. The molecule has 0 N–H and O–H groups in total. The van der Waals surface area contributed by atoms with Crippen molar-refractivity contribution >= 4 is 17.6 Å². The van der Waals surface area contributed by atoms with Gasteiger partial charge in [-0.25, -0.2) is 9.18 Å². The standard InChI is InChI=1S/C22H21ClF4O5/c1-2-3-4-13-11-29-21(30-12-13)14-9-17(23)19(18(24)10-14)20(28)31-15-5-7-16(8-6-15)32-22(25,26)27/h5-10,13,21H,2-4,11-12H2,1H3. The molecule has 0 atom stereocenters. The second kappa shape index (κ2) is 10.5. The minimum absolute atomic E-state index is 0.110. The summed E-state index contributed by atoms with van der Waals surface area (Å²) in [7, 11) is 0. The van der Waals surface area contributed by atoms with E-state index in [1.807, 2.05) is 0 Å². The van der Waals surface area contributed by atoms with Crippen LogP contribution < -0.4 is 9.47 Å². The average molecular weight is 477 g/mol. The molecular formula is C22H21ClF4O5. The minimum Gasteiger partial charge on any atom is -0.423 e. The lowest BCUT2D eigenvalue weighted by molar-refractivity contribution is -0.274. The van der Waals surface area contributed by atoms with Crippen LogP contribution in [0.4, 0.5) is 17.6 Å². The van der Waals surface area contributed by atoms with Crippen molar-refractivity contribution in [3.05, 3.63) is 58.4 Å². The van der Waals surface area contributed by atoms with E-state index in [0.29, 0.717) is 18.8 Å². The molecule has 5 nitrogen and oxygen atoms in total. The Labute approximate surface area is 187 Å². The first kappa shape index (κ1) is 24.3. The molecule has 0 unspecified atom stereocenters. The number of alkyl halides is 3. The Morgan fingerprint density at radius 2 is 1.75 bits per heavy atom. The first-order valence-electron chi connectivity index (χ1n) is 9.96. The average Bonchev–Trinajstić information content (AvgIpc) is 2.72. The van der Waals surface area contributed by atoms with Crippen molar-refractivity contribution in [2.45, 2.75) is 38.8 Å². The monoisotopic (exact) mass is 476 g/mol. The summed E-state index contributed by atoms with van der Waals surface area (Å²) in [6, 6.07) is 6.53. The third kappa shape index (κ3) is 6.57. The first-order chi connectivity index (χ1) is 15.2. The fourth-order valence-corrected chi connectivity index (χ4v) is 3.48. The summed E-state index contributed by atoms with van der Waals surface area (Å²) in [6.45, 7) is 3.05. The van der Waals surface area contributed by atoms with Crippen LogP contribution in [0.3, 0.4) is 0 Å². The van der Waals surface area contributed by atoms with Crippen molar-refractivity contribution in [1.29, 1.82) is 0 Å². The molecule has 0 bridgehead atoms. The SMILES string of the molecule is CCCCC1COC(c2cc(F)c(C(=O)Oc3ccc(OC(F)(F)F)cc3)c(Cl)c2)OC1. The van der Waals surface area contributed by atoms with Gasteiger partial charge in [-0.05, 0) is 42.8 Å². The second-order valence-corrected chi connectivity index (χ2v) is 7.68. The summed E-state index contributed by atoms with van der Waals surface area (Å²) < 4.78 is 71.4. The van der Waals surface area contributed by atoms with E-state index in [1.54, 1.807) is 0 Å². The summed E-state index contributed by atoms with van der Waals surface area (Å²) in [5.74, 6) is -2.37. The fraction of sp³-hybridized carbons (Fsp3) is 0.409. The van der Waals surface area contributed by atoms with Crippen LogP contribution >= 0.6 is 11.6 Å². The zero-order chi connectivity index (χ0) is 23.3. The Kier molecular flexibility index (Phi) is 7.97. The van der Waals surface area contributed by atoms with E-state index in [9.17, 15) is 22.4 Å². The van der Waals surface area contributed by atoms with Crippen LogP contribution in [0.2, 0.25) is 5.02 Å². The number of hydrogen-bond acceptors (Lipinski definition) is 5. The van der Waals surface area contributed by atoms with Crippen LogP contribution in [-0.4, -0.2) is 25.5 Å². The number of hydrogen-bond donors (Lipinski definition) is 0. The molecule has 3 rings (SSSR count). The van der Waals surface area contributed by atoms with Crippen molar-refractivity contribution in [2.24, 2.45) is 5.92 Å². The van der Waals surface area contributed by atoms with Crippen LogP contribution in [-0.2, 0) is 9.47 Å². The smallest absolute Gasteiger partial charge is 0.423 e. The highest BCUT2D eigenvalue weighted by Gasteiger charge is 2.31. The summed E-state index contributed by atoms with van der Waals surface area (Å²) in [5.41, 5.74) is -0.186. The molecule has 10 heteroatoms. The summed E-state index contributed by atoms with van der Waals surface area (Å²) in [5, 5.41) is -0.206. The Morgan fingerprint density at radius 3 is 2.31 bits per heavy atom. The molecule has 1 heterocycles. The van der Waals surface area contributed by atoms with Crippen molar-refractivity contribution in [3.63, 3.8) is 0 Å².